The van der Waals surface area contributed by atoms with Gasteiger partial charge in [-0.3, -0.25) is 9.79 Å². The van der Waals surface area contributed by atoms with Crippen LogP contribution in [0.15, 0.2) is 46.4 Å². The van der Waals surface area contributed by atoms with Crippen molar-refractivity contribution in [2.24, 2.45) is 4.99 Å². The molecule has 0 saturated carbocycles. The second-order valence-corrected chi connectivity index (χ2v) is 10.3. The summed E-state index contributed by atoms with van der Waals surface area (Å²) in [5.41, 5.74) is 1.17. The van der Waals surface area contributed by atoms with Crippen LogP contribution in [0.2, 0.25) is 0 Å². The summed E-state index contributed by atoms with van der Waals surface area (Å²) in [6, 6.07) is 7.60. The van der Waals surface area contributed by atoms with Crippen LogP contribution in [0.3, 0.4) is 0 Å². The maximum Gasteiger partial charge on any atom is 0.264 e. The Labute approximate surface area is 172 Å². The van der Waals surface area contributed by atoms with Crippen molar-refractivity contribution in [2.75, 3.05) is 22.3 Å². The molecule has 0 radical (unpaired) electrons. The zero-order valence-electron chi connectivity index (χ0n) is 15.2. The summed E-state index contributed by atoms with van der Waals surface area (Å²) in [4.78, 5) is 24.6. The fourth-order valence-electron chi connectivity index (χ4n) is 2.23. The van der Waals surface area contributed by atoms with Gasteiger partial charge in [0.15, 0.2) is 0 Å². The van der Waals surface area contributed by atoms with Gasteiger partial charge in [0.05, 0.1) is 16.7 Å². The highest BCUT2D eigenvalue weighted by molar-refractivity contribution is 8.39. The van der Waals surface area contributed by atoms with Crippen LogP contribution in [0.25, 0.3) is 0 Å². The Balaban J connectivity index is 1.63. The van der Waals surface area contributed by atoms with Gasteiger partial charge in [0.1, 0.15) is 4.38 Å². The molecule has 148 valence electrons. The smallest absolute Gasteiger partial charge is 0.264 e. The molecule has 1 aliphatic heterocycles. The third-order valence-electron chi connectivity index (χ3n) is 3.66. The summed E-state index contributed by atoms with van der Waals surface area (Å²) in [6.45, 7) is 4.35. The molecule has 1 atom stereocenters. The van der Waals surface area contributed by atoms with Crippen molar-refractivity contribution >= 4 is 55.5 Å². The van der Waals surface area contributed by atoms with E-state index >= 15 is 0 Å². The second kappa shape index (κ2) is 8.93. The van der Waals surface area contributed by atoms with E-state index in [1.54, 1.807) is 36.9 Å². The van der Waals surface area contributed by atoms with E-state index in [0.29, 0.717) is 11.4 Å². The lowest BCUT2D eigenvalue weighted by Crippen LogP contribution is -2.23. The van der Waals surface area contributed by atoms with Gasteiger partial charge in [-0.2, -0.15) is 0 Å². The number of rotatable bonds is 6. The molecule has 1 amide bonds. The number of anilines is 2. The third kappa shape index (κ3) is 5.46. The molecule has 1 aliphatic rings. The number of thioether (sulfide) groups is 2. The number of benzene rings is 1. The Morgan fingerprint density at radius 2 is 2.00 bits per heavy atom. The molecular weight excluding hydrogens is 418 g/mol. The van der Waals surface area contributed by atoms with Crippen molar-refractivity contribution in [3.05, 3.63) is 42.2 Å². The number of hydrogen-bond acceptors (Lipinski definition) is 8. The van der Waals surface area contributed by atoms with E-state index in [4.69, 9.17) is 0 Å². The number of aryl methyl sites for hydroxylation is 1. The monoisotopic (exact) mass is 437 g/mol. The van der Waals surface area contributed by atoms with E-state index < -0.39 is 10.0 Å². The fraction of sp³-hybridized carbons (Fsp3) is 0.294. The Morgan fingerprint density at radius 1 is 1.25 bits per heavy atom. The molecule has 0 saturated heterocycles. The van der Waals surface area contributed by atoms with Crippen molar-refractivity contribution in [3.63, 3.8) is 0 Å². The van der Waals surface area contributed by atoms with Gasteiger partial charge < -0.3 is 5.32 Å². The van der Waals surface area contributed by atoms with Gasteiger partial charge in [0.2, 0.25) is 11.9 Å². The van der Waals surface area contributed by atoms with Crippen LogP contribution >= 0.6 is 23.5 Å². The third-order valence-corrected chi connectivity index (χ3v) is 7.30. The molecule has 1 aromatic heterocycles. The first-order valence-electron chi connectivity index (χ1n) is 8.41. The molecule has 0 bridgehead atoms. The van der Waals surface area contributed by atoms with Crippen molar-refractivity contribution < 1.29 is 13.2 Å². The summed E-state index contributed by atoms with van der Waals surface area (Å²) in [5.74, 6) is 0.798. The summed E-state index contributed by atoms with van der Waals surface area (Å²) in [7, 11) is -3.82. The Hall–Kier alpha value is -2.11. The summed E-state index contributed by atoms with van der Waals surface area (Å²) < 4.78 is 28.2. The number of amides is 1. The topological polar surface area (TPSA) is 113 Å². The molecule has 2 heterocycles. The molecule has 0 spiro atoms. The lowest BCUT2D eigenvalue weighted by molar-refractivity contribution is -0.115. The van der Waals surface area contributed by atoms with Gasteiger partial charge >= 0.3 is 0 Å². The first-order valence-corrected chi connectivity index (χ1v) is 11.8. The summed E-state index contributed by atoms with van der Waals surface area (Å²) in [6.07, 6.45) is 1.48. The van der Waals surface area contributed by atoms with Crippen LogP contribution < -0.4 is 10.0 Å². The molecule has 1 unspecified atom stereocenters. The largest absolute Gasteiger partial charge is 0.325 e. The fourth-order valence-corrected chi connectivity index (χ4v) is 5.31. The predicted octanol–water partition coefficient (Wildman–Crippen LogP) is 2.75. The van der Waals surface area contributed by atoms with Gasteiger partial charge in [-0.15, -0.1) is 0 Å². The molecule has 0 fully saturated rings. The zero-order valence-corrected chi connectivity index (χ0v) is 17.7. The molecule has 1 aromatic carbocycles. The number of nitrogens with one attached hydrogen (secondary N) is 2. The second-order valence-electron chi connectivity index (χ2n) is 5.90. The Bertz CT molecular complexity index is 993. The molecule has 3 rings (SSSR count). The standard InChI is InChI=1S/C17H19N5O3S3/c1-11-7-8-18-16(20-11)22-28(24,25)14-5-3-13(4-6-14)21-15(23)12(2)27-17-19-9-10-26-17/h3-8,12H,9-10H2,1-2H3,(H,21,23)(H,18,20,22). The van der Waals surface area contributed by atoms with Crippen molar-refractivity contribution in [2.45, 2.75) is 24.0 Å². The van der Waals surface area contributed by atoms with Crippen LogP contribution in [0.4, 0.5) is 11.6 Å². The summed E-state index contributed by atoms with van der Waals surface area (Å²) in [5, 5.41) is 2.49. The number of carbonyl (C=O) groups excluding carboxylic acids is 1. The van der Waals surface area contributed by atoms with Crippen LogP contribution in [-0.4, -0.2) is 46.2 Å². The maximum atomic E-state index is 12.5. The minimum Gasteiger partial charge on any atom is -0.325 e. The number of sulfonamides is 1. The average Bonchev–Trinajstić information content (AvgIpc) is 3.15. The molecular formula is C17H19N5O3S3. The first-order chi connectivity index (χ1) is 13.3. The Morgan fingerprint density at radius 3 is 2.64 bits per heavy atom. The normalized spacial score (nSPS) is 15.0. The van der Waals surface area contributed by atoms with Crippen LogP contribution in [0, 0.1) is 6.92 Å². The van der Waals surface area contributed by atoms with E-state index in [1.807, 2.05) is 6.92 Å². The maximum absolute atomic E-state index is 12.5. The van der Waals surface area contributed by atoms with Crippen molar-refractivity contribution in [1.29, 1.82) is 0 Å². The minimum atomic E-state index is -3.82. The van der Waals surface area contributed by atoms with Crippen LogP contribution in [-0.2, 0) is 14.8 Å². The van der Waals surface area contributed by atoms with E-state index in [-0.39, 0.29) is 22.0 Å². The lowest BCUT2D eigenvalue weighted by atomic mass is 10.3. The molecule has 8 nitrogen and oxygen atoms in total. The summed E-state index contributed by atoms with van der Waals surface area (Å²) >= 11 is 3.08. The number of hydrogen-bond donors (Lipinski definition) is 2. The molecule has 0 aliphatic carbocycles. The highest BCUT2D eigenvalue weighted by Gasteiger charge is 2.20. The average molecular weight is 438 g/mol. The van der Waals surface area contributed by atoms with Gasteiger partial charge in [-0.1, -0.05) is 23.5 Å². The number of aliphatic imine (C=N–C) groups is 1. The van der Waals surface area contributed by atoms with Gasteiger partial charge in [0, 0.05) is 23.3 Å². The molecule has 2 N–H and O–H groups in total. The lowest BCUT2D eigenvalue weighted by Gasteiger charge is -2.12. The first kappa shape index (κ1) is 20.6. The van der Waals surface area contributed by atoms with Gasteiger partial charge in [0.25, 0.3) is 10.0 Å². The minimum absolute atomic E-state index is 0.0101. The molecule has 2 aromatic rings. The van der Waals surface area contributed by atoms with Gasteiger partial charge in [-0.25, -0.2) is 23.1 Å². The van der Waals surface area contributed by atoms with E-state index in [9.17, 15) is 13.2 Å². The number of aromatic nitrogens is 2. The molecule has 11 heteroatoms. The Kier molecular flexibility index (Phi) is 6.57. The quantitative estimate of drug-likeness (QED) is 0.714. The van der Waals surface area contributed by atoms with E-state index in [2.05, 4.69) is 25.0 Å². The highest BCUT2D eigenvalue weighted by atomic mass is 32.2. The SMILES string of the molecule is Cc1ccnc(NS(=O)(=O)c2ccc(NC(=O)C(C)SC3=NCCS3)cc2)n1. The van der Waals surface area contributed by atoms with E-state index in [1.165, 1.54) is 30.1 Å². The van der Waals surface area contributed by atoms with Crippen molar-refractivity contribution in [3.8, 4) is 0 Å². The van der Waals surface area contributed by atoms with Gasteiger partial charge in [-0.05, 0) is 44.2 Å². The van der Waals surface area contributed by atoms with Crippen LogP contribution in [0.5, 0.6) is 0 Å². The van der Waals surface area contributed by atoms with E-state index in [0.717, 1.165) is 16.7 Å². The molecule has 28 heavy (non-hydrogen) atoms. The number of carbonyl (C=O) groups is 1. The predicted molar refractivity (Wildman–Crippen MR) is 114 cm³/mol. The highest BCUT2D eigenvalue weighted by Crippen LogP contribution is 2.26. The van der Waals surface area contributed by atoms with Crippen LogP contribution in [0.1, 0.15) is 12.6 Å². The number of nitrogens with zero attached hydrogens (tertiary/aromatic N) is 3. The van der Waals surface area contributed by atoms with Crippen molar-refractivity contribution in [1.82, 2.24) is 9.97 Å². The zero-order chi connectivity index (χ0) is 20.1.